The Hall–Kier alpha value is -2.61. The minimum absolute atomic E-state index is 0.307. The van der Waals surface area contributed by atoms with Gasteiger partial charge < -0.3 is 0 Å². The molecule has 0 radical (unpaired) electrons. The second kappa shape index (κ2) is 4.94. The SMILES string of the molecule is O=C(c1ccccn1)N(c1cscn1)c1ncn[nH]1. The summed E-state index contributed by atoms with van der Waals surface area (Å²) in [6.45, 7) is 0. The molecule has 1 N–H and O–H groups in total. The van der Waals surface area contributed by atoms with Crippen LogP contribution in [0.2, 0.25) is 0 Å². The van der Waals surface area contributed by atoms with Crippen LogP contribution in [0.25, 0.3) is 0 Å². The number of thiazole rings is 1. The van der Waals surface area contributed by atoms with Crippen molar-refractivity contribution in [2.75, 3.05) is 4.90 Å². The fourth-order valence-electron chi connectivity index (χ4n) is 1.54. The number of amides is 1. The quantitative estimate of drug-likeness (QED) is 0.783. The third kappa shape index (κ3) is 2.20. The maximum atomic E-state index is 12.5. The van der Waals surface area contributed by atoms with Gasteiger partial charge in [-0.2, -0.15) is 10.1 Å². The molecule has 1 amide bonds. The van der Waals surface area contributed by atoms with E-state index < -0.39 is 0 Å². The third-order valence-corrected chi connectivity index (χ3v) is 2.92. The average molecular weight is 272 g/mol. The van der Waals surface area contributed by atoms with Crippen LogP contribution >= 0.6 is 11.3 Å². The molecule has 0 aliphatic carbocycles. The molecule has 3 aromatic heterocycles. The van der Waals surface area contributed by atoms with Crippen LogP contribution in [0.15, 0.2) is 41.6 Å². The summed E-state index contributed by atoms with van der Waals surface area (Å²) in [5.74, 6) is 0.474. The van der Waals surface area contributed by atoms with E-state index in [4.69, 9.17) is 0 Å². The molecule has 0 saturated carbocycles. The van der Waals surface area contributed by atoms with Gasteiger partial charge in [-0.1, -0.05) is 6.07 Å². The molecule has 0 aliphatic rings. The molecule has 0 aromatic carbocycles. The van der Waals surface area contributed by atoms with Gasteiger partial charge in [0.1, 0.15) is 12.0 Å². The van der Waals surface area contributed by atoms with Crippen molar-refractivity contribution < 1.29 is 4.79 Å². The summed E-state index contributed by atoms with van der Waals surface area (Å²) < 4.78 is 0. The molecular formula is C11H8N6OS. The summed E-state index contributed by atoms with van der Waals surface area (Å²) in [6.07, 6.45) is 2.90. The third-order valence-electron chi connectivity index (χ3n) is 2.35. The zero-order chi connectivity index (χ0) is 13.1. The number of pyridine rings is 1. The number of nitrogens with one attached hydrogen (secondary N) is 1. The summed E-state index contributed by atoms with van der Waals surface area (Å²) in [6, 6.07) is 5.14. The number of carbonyl (C=O) groups excluding carboxylic acids is 1. The van der Waals surface area contributed by atoms with Gasteiger partial charge in [0, 0.05) is 11.6 Å². The van der Waals surface area contributed by atoms with Gasteiger partial charge in [0.25, 0.3) is 5.91 Å². The molecule has 3 heterocycles. The summed E-state index contributed by atoms with van der Waals surface area (Å²) >= 11 is 1.39. The van der Waals surface area contributed by atoms with Crippen molar-refractivity contribution in [3.63, 3.8) is 0 Å². The van der Waals surface area contributed by atoms with Crippen molar-refractivity contribution in [3.05, 3.63) is 47.3 Å². The monoisotopic (exact) mass is 272 g/mol. The highest BCUT2D eigenvalue weighted by Crippen LogP contribution is 2.23. The maximum Gasteiger partial charge on any atom is 0.285 e. The number of hydrogen-bond acceptors (Lipinski definition) is 6. The van der Waals surface area contributed by atoms with Crippen molar-refractivity contribution in [1.82, 2.24) is 25.1 Å². The predicted molar refractivity (Wildman–Crippen MR) is 69.2 cm³/mol. The van der Waals surface area contributed by atoms with Crippen molar-refractivity contribution in [2.45, 2.75) is 0 Å². The Balaban J connectivity index is 2.03. The van der Waals surface area contributed by atoms with Crippen LogP contribution in [-0.4, -0.2) is 31.1 Å². The van der Waals surface area contributed by atoms with Gasteiger partial charge >= 0.3 is 0 Å². The Morgan fingerprint density at radius 1 is 1.26 bits per heavy atom. The molecule has 0 bridgehead atoms. The first-order chi connectivity index (χ1) is 9.36. The molecule has 0 spiro atoms. The number of nitrogens with zero attached hydrogens (tertiary/aromatic N) is 5. The zero-order valence-electron chi connectivity index (χ0n) is 9.59. The van der Waals surface area contributed by atoms with E-state index in [2.05, 4.69) is 25.1 Å². The van der Waals surface area contributed by atoms with Crippen molar-refractivity contribution in [2.24, 2.45) is 0 Å². The second-order valence-electron chi connectivity index (χ2n) is 3.51. The van der Waals surface area contributed by atoms with E-state index in [9.17, 15) is 4.79 Å². The molecular weight excluding hydrogens is 264 g/mol. The van der Waals surface area contributed by atoms with Gasteiger partial charge in [0.05, 0.1) is 5.51 Å². The van der Waals surface area contributed by atoms with Gasteiger partial charge in [0.2, 0.25) is 5.95 Å². The first-order valence-corrected chi connectivity index (χ1v) is 6.29. The van der Waals surface area contributed by atoms with Gasteiger partial charge in [0.15, 0.2) is 5.82 Å². The molecule has 94 valence electrons. The lowest BCUT2D eigenvalue weighted by atomic mass is 10.3. The Morgan fingerprint density at radius 2 is 2.21 bits per heavy atom. The molecule has 0 unspecified atom stereocenters. The van der Waals surface area contributed by atoms with Gasteiger partial charge in [-0.05, 0) is 12.1 Å². The van der Waals surface area contributed by atoms with Crippen LogP contribution < -0.4 is 4.90 Å². The fraction of sp³-hybridized carbons (Fsp3) is 0. The predicted octanol–water partition coefficient (Wildman–Crippen LogP) is 1.63. The van der Waals surface area contributed by atoms with Crippen LogP contribution in [0.3, 0.4) is 0 Å². The maximum absolute atomic E-state index is 12.5. The van der Waals surface area contributed by atoms with Crippen molar-refractivity contribution in [3.8, 4) is 0 Å². The van der Waals surface area contributed by atoms with Crippen LogP contribution in [0, 0.1) is 0 Å². The number of aromatic nitrogens is 5. The van der Waals surface area contributed by atoms with E-state index in [1.165, 1.54) is 22.6 Å². The van der Waals surface area contributed by atoms with E-state index >= 15 is 0 Å². The number of H-pyrrole nitrogens is 1. The van der Waals surface area contributed by atoms with Crippen LogP contribution in [0.5, 0.6) is 0 Å². The first-order valence-electron chi connectivity index (χ1n) is 5.35. The van der Waals surface area contributed by atoms with E-state index in [1.807, 2.05) is 0 Å². The largest absolute Gasteiger partial charge is 0.285 e. The minimum Gasteiger partial charge on any atom is -0.266 e. The Labute approximate surface area is 112 Å². The van der Waals surface area contributed by atoms with E-state index in [1.54, 1.807) is 35.3 Å². The van der Waals surface area contributed by atoms with Crippen molar-refractivity contribution in [1.29, 1.82) is 0 Å². The van der Waals surface area contributed by atoms with Gasteiger partial charge in [-0.25, -0.2) is 15.0 Å². The average Bonchev–Trinajstić information content (AvgIpc) is 3.13. The molecule has 19 heavy (non-hydrogen) atoms. The lowest BCUT2D eigenvalue weighted by Crippen LogP contribution is -2.28. The standard InChI is InChI=1S/C11H8N6OS/c18-10(8-3-1-2-4-12-8)17(9-5-19-7-14-9)11-13-6-15-16-11/h1-7H,(H,13,15,16). The van der Waals surface area contributed by atoms with Crippen molar-refractivity contribution >= 4 is 29.0 Å². The summed E-state index contributed by atoms with van der Waals surface area (Å²) in [7, 11) is 0. The normalized spacial score (nSPS) is 10.3. The highest BCUT2D eigenvalue weighted by molar-refractivity contribution is 7.07. The number of hydrogen-bond donors (Lipinski definition) is 1. The zero-order valence-corrected chi connectivity index (χ0v) is 10.4. The number of rotatable bonds is 3. The molecule has 3 aromatic rings. The van der Waals surface area contributed by atoms with Crippen LogP contribution in [-0.2, 0) is 0 Å². The number of carbonyl (C=O) groups is 1. The second-order valence-corrected chi connectivity index (χ2v) is 4.23. The first kappa shape index (κ1) is 11.5. The lowest BCUT2D eigenvalue weighted by Gasteiger charge is -2.16. The lowest BCUT2D eigenvalue weighted by molar-refractivity contribution is 0.0992. The Bertz CT molecular complexity index is 618. The van der Waals surface area contributed by atoms with Gasteiger partial charge in [-0.3, -0.25) is 9.78 Å². The minimum atomic E-state index is -0.316. The topological polar surface area (TPSA) is 87.7 Å². The number of anilines is 2. The van der Waals surface area contributed by atoms with Gasteiger partial charge in [-0.15, -0.1) is 11.3 Å². The van der Waals surface area contributed by atoms with Crippen LogP contribution in [0.4, 0.5) is 11.8 Å². The molecule has 7 nitrogen and oxygen atoms in total. The molecule has 0 fully saturated rings. The smallest absolute Gasteiger partial charge is 0.266 e. The Kier molecular flexibility index (Phi) is 2.99. The highest BCUT2D eigenvalue weighted by Gasteiger charge is 2.24. The fourth-order valence-corrected chi connectivity index (χ4v) is 2.05. The van der Waals surface area contributed by atoms with Crippen LogP contribution in [0.1, 0.15) is 10.5 Å². The molecule has 0 atom stereocenters. The van der Waals surface area contributed by atoms with E-state index in [0.29, 0.717) is 17.5 Å². The van der Waals surface area contributed by atoms with E-state index in [-0.39, 0.29) is 5.91 Å². The summed E-state index contributed by atoms with van der Waals surface area (Å²) in [5.41, 5.74) is 1.96. The summed E-state index contributed by atoms with van der Waals surface area (Å²) in [4.78, 5) is 26.0. The molecule has 8 heteroatoms. The highest BCUT2D eigenvalue weighted by atomic mass is 32.1. The molecule has 0 aliphatic heterocycles. The van der Waals surface area contributed by atoms with E-state index in [0.717, 1.165) is 0 Å². The molecule has 3 rings (SSSR count). The Morgan fingerprint density at radius 3 is 2.84 bits per heavy atom. The summed E-state index contributed by atoms with van der Waals surface area (Å²) in [5, 5.41) is 8.16. The molecule has 0 saturated heterocycles. The number of aromatic amines is 1.